The fourth-order valence-electron chi connectivity index (χ4n) is 3.52. The second-order valence-corrected chi connectivity index (χ2v) is 7.10. The molecule has 0 bridgehead atoms. The quantitative estimate of drug-likeness (QED) is 0.859. The molecule has 0 spiro atoms. The molecule has 2 aromatic rings. The second-order valence-electron chi connectivity index (χ2n) is 5.90. The molecule has 21 heavy (non-hydrogen) atoms. The van der Waals surface area contributed by atoms with E-state index in [1.807, 2.05) is 11.3 Å². The van der Waals surface area contributed by atoms with Crippen molar-refractivity contribution in [1.29, 1.82) is 0 Å². The van der Waals surface area contributed by atoms with Crippen LogP contribution in [0.1, 0.15) is 52.9 Å². The first-order valence-electron chi connectivity index (χ1n) is 7.95. The Morgan fingerprint density at radius 1 is 1.29 bits per heavy atom. The summed E-state index contributed by atoms with van der Waals surface area (Å²) in [5.41, 5.74) is 4.07. The van der Waals surface area contributed by atoms with Crippen molar-refractivity contribution in [2.75, 3.05) is 7.05 Å². The largest absolute Gasteiger partial charge is 0.305 e. The van der Waals surface area contributed by atoms with Gasteiger partial charge in [0.25, 0.3) is 0 Å². The smallest absolute Gasteiger partial charge is 0.118 e. The summed E-state index contributed by atoms with van der Waals surface area (Å²) in [4.78, 5) is 6.36. The number of nitrogens with zero attached hydrogens (tertiary/aromatic N) is 1. The average molecular weight is 300 g/mol. The Balaban J connectivity index is 2.18. The Bertz CT molecular complexity index is 632. The van der Waals surface area contributed by atoms with E-state index in [0.717, 1.165) is 12.8 Å². The van der Waals surface area contributed by atoms with Gasteiger partial charge in [0.2, 0.25) is 0 Å². The Labute approximate surface area is 131 Å². The molecule has 1 aliphatic rings. The van der Waals surface area contributed by atoms with Gasteiger partial charge in [-0.2, -0.15) is 0 Å². The van der Waals surface area contributed by atoms with Crippen molar-refractivity contribution >= 4 is 11.3 Å². The molecular weight excluding hydrogens is 276 g/mol. The zero-order chi connectivity index (χ0) is 14.9. The highest BCUT2D eigenvalue weighted by molar-refractivity contribution is 7.11. The molecule has 0 saturated carbocycles. The van der Waals surface area contributed by atoms with Crippen LogP contribution in [0.2, 0.25) is 0 Å². The predicted molar refractivity (Wildman–Crippen MR) is 90.1 cm³/mol. The molecule has 1 aromatic carbocycles. The molecule has 0 radical (unpaired) electrons. The van der Waals surface area contributed by atoms with Crippen molar-refractivity contribution < 1.29 is 0 Å². The summed E-state index contributed by atoms with van der Waals surface area (Å²) in [6.07, 6.45) is 5.85. The summed E-state index contributed by atoms with van der Waals surface area (Å²) in [5, 5.41) is 4.89. The zero-order valence-electron chi connectivity index (χ0n) is 13.2. The van der Waals surface area contributed by atoms with Gasteiger partial charge in [-0.25, -0.2) is 4.98 Å². The molecule has 2 nitrogen and oxygen atoms in total. The summed E-state index contributed by atoms with van der Waals surface area (Å²) in [6, 6.07) is 8.90. The maximum Gasteiger partial charge on any atom is 0.118 e. The monoisotopic (exact) mass is 300 g/mol. The van der Waals surface area contributed by atoms with Gasteiger partial charge >= 0.3 is 0 Å². The van der Waals surface area contributed by atoms with E-state index >= 15 is 0 Å². The molecule has 1 aromatic heterocycles. The Hall–Kier alpha value is -1.19. The lowest BCUT2D eigenvalue weighted by Gasteiger charge is -2.32. The molecule has 0 aliphatic heterocycles. The van der Waals surface area contributed by atoms with Crippen LogP contribution < -0.4 is 5.32 Å². The summed E-state index contributed by atoms with van der Waals surface area (Å²) in [5.74, 6) is 0. The van der Waals surface area contributed by atoms with Crippen LogP contribution in [0.5, 0.6) is 0 Å². The van der Waals surface area contributed by atoms with Crippen LogP contribution in [0.25, 0.3) is 0 Å². The third kappa shape index (κ3) is 2.43. The van der Waals surface area contributed by atoms with Crippen molar-refractivity contribution in [2.45, 2.75) is 51.5 Å². The summed E-state index contributed by atoms with van der Waals surface area (Å²) in [6.45, 7) is 4.39. The van der Waals surface area contributed by atoms with Crippen LogP contribution in [-0.4, -0.2) is 12.0 Å². The first-order valence-corrected chi connectivity index (χ1v) is 8.77. The van der Waals surface area contributed by atoms with E-state index in [0.29, 0.717) is 0 Å². The average Bonchev–Trinajstić information content (AvgIpc) is 2.79. The number of aromatic nitrogens is 1. The Morgan fingerprint density at radius 3 is 2.81 bits per heavy atom. The number of nitrogens with one attached hydrogen (secondary N) is 1. The van der Waals surface area contributed by atoms with Crippen molar-refractivity contribution in [3.05, 3.63) is 51.0 Å². The van der Waals surface area contributed by atoms with E-state index in [1.165, 1.54) is 46.0 Å². The number of benzene rings is 1. The fraction of sp³-hybridized carbons (Fsp3) is 0.500. The van der Waals surface area contributed by atoms with Gasteiger partial charge in [0.05, 0.1) is 11.2 Å². The molecule has 3 heteroatoms. The first kappa shape index (κ1) is 14.7. The SMILES string of the molecule is CCc1nc(C2(NC)CCCCc3ccccc32)sc1C. The molecule has 3 rings (SSSR count). The Morgan fingerprint density at radius 2 is 2.10 bits per heavy atom. The summed E-state index contributed by atoms with van der Waals surface area (Å²) >= 11 is 1.87. The highest BCUT2D eigenvalue weighted by atomic mass is 32.1. The van der Waals surface area contributed by atoms with E-state index in [9.17, 15) is 0 Å². The van der Waals surface area contributed by atoms with E-state index < -0.39 is 0 Å². The third-order valence-corrected chi connectivity index (χ3v) is 5.92. The highest BCUT2D eigenvalue weighted by Gasteiger charge is 2.38. The third-order valence-electron chi connectivity index (χ3n) is 4.74. The molecule has 0 saturated heterocycles. The first-order chi connectivity index (χ1) is 10.2. The van der Waals surface area contributed by atoms with Crippen LogP contribution >= 0.6 is 11.3 Å². The van der Waals surface area contributed by atoms with E-state index in [-0.39, 0.29) is 5.54 Å². The second kappa shape index (κ2) is 5.90. The van der Waals surface area contributed by atoms with Crippen molar-refractivity contribution in [3.63, 3.8) is 0 Å². The molecule has 1 heterocycles. The van der Waals surface area contributed by atoms with Crippen molar-refractivity contribution in [2.24, 2.45) is 0 Å². The standard InChI is InChI=1S/C18H24N2S/c1-4-16-13(2)21-17(20-16)18(19-3)12-8-7-10-14-9-5-6-11-15(14)18/h5-6,9,11,19H,4,7-8,10,12H2,1-3H3. The van der Waals surface area contributed by atoms with Crippen molar-refractivity contribution in [3.8, 4) is 0 Å². The van der Waals surface area contributed by atoms with Crippen molar-refractivity contribution in [1.82, 2.24) is 10.3 Å². The lowest BCUT2D eigenvalue weighted by molar-refractivity contribution is 0.396. The minimum absolute atomic E-state index is 0.101. The molecule has 1 N–H and O–H groups in total. The maximum atomic E-state index is 4.99. The van der Waals surface area contributed by atoms with Gasteiger partial charge in [-0.1, -0.05) is 37.6 Å². The van der Waals surface area contributed by atoms with Gasteiger partial charge < -0.3 is 5.32 Å². The van der Waals surface area contributed by atoms with Gasteiger partial charge in [0.1, 0.15) is 5.01 Å². The lowest BCUT2D eigenvalue weighted by Crippen LogP contribution is -2.41. The minimum atomic E-state index is -0.101. The van der Waals surface area contributed by atoms with Gasteiger partial charge in [-0.05, 0) is 50.8 Å². The normalized spacial score (nSPS) is 21.9. The number of rotatable bonds is 3. The van der Waals surface area contributed by atoms with E-state index in [1.54, 1.807) is 0 Å². The number of aryl methyl sites for hydroxylation is 3. The molecular formula is C18H24N2S. The van der Waals surface area contributed by atoms with E-state index in [2.05, 4.69) is 50.5 Å². The number of hydrogen-bond donors (Lipinski definition) is 1. The van der Waals surface area contributed by atoms with Crippen LogP contribution in [0.3, 0.4) is 0 Å². The van der Waals surface area contributed by atoms with Gasteiger partial charge in [-0.15, -0.1) is 11.3 Å². The van der Waals surface area contributed by atoms with Gasteiger partial charge in [0.15, 0.2) is 0 Å². The van der Waals surface area contributed by atoms with Crippen LogP contribution in [0.15, 0.2) is 24.3 Å². The number of hydrogen-bond acceptors (Lipinski definition) is 3. The van der Waals surface area contributed by atoms with Crippen LogP contribution in [0, 0.1) is 6.92 Å². The molecule has 0 amide bonds. The van der Waals surface area contributed by atoms with Gasteiger partial charge in [0, 0.05) is 4.88 Å². The molecule has 0 fully saturated rings. The van der Waals surface area contributed by atoms with Crippen LogP contribution in [0.4, 0.5) is 0 Å². The molecule has 1 unspecified atom stereocenters. The number of thiazole rings is 1. The van der Waals surface area contributed by atoms with Gasteiger partial charge in [-0.3, -0.25) is 0 Å². The molecule has 1 atom stereocenters. The Kier molecular flexibility index (Phi) is 4.14. The lowest BCUT2D eigenvalue weighted by atomic mass is 9.85. The predicted octanol–water partition coefficient (Wildman–Crippen LogP) is 4.20. The fourth-order valence-corrected chi connectivity index (χ4v) is 4.76. The number of fused-ring (bicyclic) bond motifs is 1. The highest BCUT2D eigenvalue weighted by Crippen LogP contribution is 2.41. The molecule has 1 aliphatic carbocycles. The van der Waals surface area contributed by atoms with E-state index in [4.69, 9.17) is 4.98 Å². The zero-order valence-corrected chi connectivity index (χ0v) is 14.0. The molecule has 112 valence electrons. The van der Waals surface area contributed by atoms with Crippen LogP contribution in [-0.2, 0) is 18.4 Å². The topological polar surface area (TPSA) is 24.9 Å². The minimum Gasteiger partial charge on any atom is -0.305 e. The summed E-state index contributed by atoms with van der Waals surface area (Å²) < 4.78 is 0. The maximum absolute atomic E-state index is 4.99. The summed E-state index contributed by atoms with van der Waals surface area (Å²) in [7, 11) is 2.09.